The number of halogens is 1. The van der Waals surface area contributed by atoms with Crippen molar-refractivity contribution in [2.24, 2.45) is 28.9 Å². The van der Waals surface area contributed by atoms with Crippen LogP contribution < -0.4 is 22.9 Å². The predicted molar refractivity (Wildman–Crippen MR) is 201 cm³/mol. The summed E-state index contributed by atoms with van der Waals surface area (Å²) in [6.07, 6.45) is -20.9. The lowest BCUT2D eigenvalue weighted by atomic mass is 9.76. The van der Waals surface area contributed by atoms with E-state index < -0.39 is 127 Å². The molecule has 58 heavy (non-hydrogen) atoms. The van der Waals surface area contributed by atoms with Gasteiger partial charge < -0.3 is 82.4 Å². The highest BCUT2D eigenvalue weighted by Gasteiger charge is 2.53. The zero-order chi connectivity index (χ0) is 42.6. The van der Waals surface area contributed by atoms with Crippen LogP contribution in [-0.2, 0) is 38.7 Å². The Labute approximate surface area is 334 Å². The molecule has 1 saturated carbocycles. The monoisotopic (exact) mass is 824 g/mol. The molecule has 0 radical (unpaired) electrons. The van der Waals surface area contributed by atoms with E-state index in [2.05, 4.69) is 0 Å². The Morgan fingerprint density at radius 1 is 0.845 bits per heavy atom. The van der Waals surface area contributed by atoms with Crippen LogP contribution in [0.3, 0.4) is 0 Å². The van der Waals surface area contributed by atoms with Crippen molar-refractivity contribution in [3.8, 4) is 11.1 Å². The molecule has 2 aliphatic heterocycles. The summed E-state index contributed by atoms with van der Waals surface area (Å²) < 4.78 is 44.3. The van der Waals surface area contributed by atoms with E-state index in [1.807, 2.05) is 0 Å². The molecule has 2 aromatic rings. The summed E-state index contributed by atoms with van der Waals surface area (Å²) in [5, 5.41) is 75.5. The zero-order valence-corrected chi connectivity index (χ0v) is 32.3. The van der Waals surface area contributed by atoms with E-state index in [0.29, 0.717) is 16.7 Å². The second-order valence-electron chi connectivity index (χ2n) is 15.8. The molecule has 324 valence electrons. The third-order valence-corrected chi connectivity index (χ3v) is 11.3. The highest BCUT2D eigenvalue weighted by molar-refractivity contribution is 5.83. The lowest BCUT2D eigenvalue weighted by molar-refractivity contribution is -0.335. The van der Waals surface area contributed by atoms with Crippen LogP contribution in [0.15, 0.2) is 48.5 Å². The molecule has 19 heteroatoms. The van der Waals surface area contributed by atoms with Crippen molar-refractivity contribution in [3.63, 3.8) is 0 Å². The largest absolute Gasteiger partial charge is 0.462 e. The Bertz CT molecular complexity index is 1680. The predicted octanol–water partition coefficient (Wildman–Crippen LogP) is -3.00. The van der Waals surface area contributed by atoms with Gasteiger partial charge >= 0.3 is 5.97 Å². The van der Waals surface area contributed by atoms with Gasteiger partial charge in [-0.2, -0.15) is 0 Å². The van der Waals surface area contributed by atoms with Crippen LogP contribution in [-0.4, -0.2) is 159 Å². The quantitative estimate of drug-likeness (QED) is 0.0798. The third-order valence-electron chi connectivity index (χ3n) is 11.3. The first kappa shape index (κ1) is 46.0. The van der Waals surface area contributed by atoms with Crippen molar-refractivity contribution in [2.75, 3.05) is 19.7 Å². The van der Waals surface area contributed by atoms with E-state index in [1.165, 1.54) is 19.9 Å². The fraction of sp³-hybridized carbons (Fsp3) is 0.641. The van der Waals surface area contributed by atoms with Crippen molar-refractivity contribution in [3.05, 3.63) is 59.9 Å². The number of carbonyl (C=O) groups excluding carboxylic acids is 2. The minimum atomic E-state index is -1.80. The van der Waals surface area contributed by atoms with Crippen molar-refractivity contribution in [2.45, 2.75) is 130 Å². The van der Waals surface area contributed by atoms with Crippen LogP contribution in [0.4, 0.5) is 4.39 Å². The number of ketones is 1. The number of aliphatic hydroxyl groups is 7. The Balaban J connectivity index is 1.32. The number of benzene rings is 2. The first-order valence-corrected chi connectivity index (χ1v) is 19.3. The van der Waals surface area contributed by atoms with Gasteiger partial charge in [-0.3, -0.25) is 9.59 Å². The molecule has 2 saturated heterocycles. The average Bonchev–Trinajstić information content (AvgIpc) is 3.20. The maximum absolute atomic E-state index is 15.2. The Morgan fingerprint density at radius 2 is 1.48 bits per heavy atom. The molecule has 1 aliphatic carbocycles. The summed E-state index contributed by atoms with van der Waals surface area (Å²) in [7, 11) is 0. The molecule has 0 bridgehead atoms. The van der Waals surface area contributed by atoms with Gasteiger partial charge in [0.2, 0.25) is 0 Å². The van der Waals surface area contributed by atoms with Crippen LogP contribution in [0.25, 0.3) is 11.1 Å². The minimum Gasteiger partial charge on any atom is -0.462 e. The van der Waals surface area contributed by atoms with Gasteiger partial charge in [0.05, 0.1) is 17.6 Å². The number of hydrogen-bond acceptors (Lipinski definition) is 18. The molecule has 2 heterocycles. The average molecular weight is 825 g/mol. The van der Waals surface area contributed by atoms with Crippen LogP contribution in [0.1, 0.15) is 38.7 Å². The smallest absolute Gasteiger partial charge is 0.316 e. The minimum absolute atomic E-state index is 0.00645. The first-order chi connectivity index (χ1) is 27.4. The van der Waals surface area contributed by atoms with Gasteiger partial charge in [-0.05, 0) is 56.3 Å². The number of carbonyl (C=O) groups is 2. The number of hydrogen-bond donors (Lipinski definition) is 11. The van der Waals surface area contributed by atoms with E-state index in [4.69, 9.17) is 46.6 Å². The SMILES string of the molecule is CC(C)(C(=O)OC[C@H]1O[C@H](O[C@H]2[C@H](CC(=O)[C@@H](O)CCN)C[C@H](N)[C@@H](O[C@H]3O[C@H](CN)[C@@H](O)[C@H](O)[C@H]3O)[C@@H]2O)[C@H](O)[C@@H](N)[C@@H]1O)c1ccc(-c2ccccc2)c(F)c1. The zero-order valence-electron chi connectivity index (χ0n) is 32.3. The lowest BCUT2D eigenvalue weighted by Crippen LogP contribution is -2.67. The van der Waals surface area contributed by atoms with Gasteiger partial charge in [-0.25, -0.2) is 4.39 Å². The van der Waals surface area contributed by atoms with Crippen molar-refractivity contribution >= 4 is 11.8 Å². The number of rotatable bonds is 15. The maximum atomic E-state index is 15.2. The van der Waals surface area contributed by atoms with Crippen LogP contribution in [0.2, 0.25) is 0 Å². The molecule has 3 fully saturated rings. The van der Waals surface area contributed by atoms with Gasteiger partial charge in [-0.15, -0.1) is 0 Å². The molecule has 0 spiro atoms. The lowest BCUT2D eigenvalue weighted by Gasteiger charge is -2.49. The summed E-state index contributed by atoms with van der Waals surface area (Å²) in [5.74, 6) is -2.95. The molecular formula is C39H57FN4O14. The van der Waals surface area contributed by atoms with Gasteiger partial charge in [0.25, 0.3) is 0 Å². The number of nitrogens with two attached hydrogens (primary N) is 4. The molecular weight excluding hydrogens is 767 g/mol. The molecule has 2 aromatic carbocycles. The number of esters is 1. The molecule has 5 rings (SSSR count). The van der Waals surface area contributed by atoms with Crippen molar-refractivity contribution in [1.29, 1.82) is 0 Å². The van der Waals surface area contributed by atoms with Crippen molar-refractivity contribution in [1.82, 2.24) is 0 Å². The van der Waals surface area contributed by atoms with E-state index in [-0.39, 0.29) is 32.4 Å². The standard InChI is InChI=1S/C39H57FN4O14/c1-39(2,19-8-9-20(21(40)14-19)17-6-4-3-5-7-17)38(53)54-16-26-28(47)27(44)30(49)36(56-26)57-34-18(13-24(46)23(45)10-11-41)12-22(43)35(33(34)52)58-37-32(51)31(50)29(48)25(15-42)55-37/h3-9,14,18,22-23,25-37,45,47-52H,10-13,15-16,41-44H2,1-2H3/t18-,22-,23-,25+,26+,27-,28+,29+,30+,31-,32+,33+,34-,35+,36+,37+/m0/s1. The van der Waals surface area contributed by atoms with E-state index >= 15 is 4.39 Å². The van der Waals surface area contributed by atoms with Gasteiger partial charge in [-0.1, -0.05) is 42.5 Å². The second kappa shape index (κ2) is 19.5. The van der Waals surface area contributed by atoms with Crippen molar-refractivity contribution < 1.29 is 73.4 Å². The topological polar surface area (TPSA) is 326 Å². The van der Waals surface area contributed by atoms with Crippen LogP contribution in [0.5, 0.6) is 0 Å². The summed E-state index contributed by atoms with van der Waals surface area (Å²) in [5.41, 5.74) is 23.7. The molecule has 3 aliphatic rings. The highest BCUT2D eigenvalue weighted by atomic mass is 19.1. The summed E-state index contributed by atoms with van der Waals surface area (Å²) in [4.78, 5) is 26.5. The Morgan fingerprint density at radius 3 is 2.12 bits per heavy atom. The molecule has 0 unspecified atom stereocenters. The number of Topliss-reactive ketones (excluding diaryl/α,β-unsaturated/α-hetero) is 1. The number of aliphatic hydroxyl groups excluding tert-OH is 7. The van der Waals surface area contributed by atoms with Gasteiger partial charge in [0.1, 0.15) is 73.5 Å². The Hall–Kier alpha value is -3.09. The second-order valence-corrected chi connectivity index (χ2v) is 15.8. The number of ether oxygens (including phenoxy) is 5. The molecule has 0 aromatic heterocycles. The first-order valence-electron chi connectivity index (χ1n) is 19.3. The fourth-order valence-electron chi connectivity index (χ4n) is 7.58. The van der Waals surface area contributed by atoms with Gasteiger partial charge in [0, 0.05) is 24.6 Å². The summed E-state index contributed by atoms with van der Waals surface area (Å²) >= 11 is 0. The fourth-order valence-corrected chi connectivity index (χ4v) is 7.58. The molecule has 15 N–H and O–H groups in total. The summed E-state index contributed by atoms with van der Waals surface area (Å²) in [6, 6.07) is 10.8. The third kappa shape index (κ3) is 9.92. The Kier molecular flexibility index (Phi) is 15.5. The van der Waals surface area contributed by atoms with Gasteiger partial charge in [0.15, 0.2) is 18.4 Å². The van der Waals surface area contributed by atoms with Crippen LogP contribution >= 0.6 is 0 Å². The van der Waals surface area contributed by atoms with E-state index in [9.17, 15) is 45.3 Å². The van der Waals surface area contributed by atoms with E-state index in [1.54, 1.807) is 42.5 Å². The van der Waals surface area contributed by atoms with Crippen LogP contribution in [0, 0.1) is 11.7 Å². The molecule has 16 atom stereocenters. The maximum Gasteiger partial charge on any atom is 0.316 e. The molecule has 0 amide bonds. The highest BCUT2D eigenvalue weighted by Crippen LogP contribution is 2.37. The normalized spacial score (nSPS) is 36.3. The van der Waals surface area contributed by atoms with E-state index in [0.717, 1.165) is 0 Å². The molecule has 18 nitrogen and oxygen atoms in total. The summed E-state index contributed by atoms with van der Waals surface area (Å²) in [6.45, 7) is 2.21.